The van der Waals surface area contributed by atoms with E-state index in [2.05, 4.69) is 50.7 Å². The zero-order valence-electron chi connectivity index (χ0n) is 18.4. The van der Waals surface area contributed by atoms with Gasteiger partial charge in [0.2, 0.25) is 0 Å². The lowest BCUT2D eigenvalue weighted by Crippen LogP contribution is -2.55. The fourth-order valence-electron chi connectivity index (χ4n) is 4.97. The SMILES string of the molecule is C=C(C)CN1C(=O)NC(CC)(C2CCN(Cc3cccn3-c3cccnc3)CC2)C1=O. The Labute approximate surface area is 183 Å². The highest BCUT2D eigenvalue weighted by Gasteiger charge is 2.54. The number of pyridine rings is 1. The number of nitrogens with zero attached hydrogens (tertiary/aromatic N) is 4. The summed E-state index contributed by atoms with van der Waals surface area (Å²) in [5.41, 5.74) is 2.30. The van der Waals surface area contributed by atoms with Gasteiger partial charge in [-0.15, -0.1) is 0 Å². The van der Waals surface area contributed by atoms with Crippen LogP contribution in [0.25, 0.3) is 5.69 Å². The predicted octanol–water partition coefficient (Wildman–Crippen LogP) is 3.36. The Hall–Kier alpha value is -2.93. The normalized spacial score (nSPS) is 22.7. The Morgan fingerprint density at radius 2 is 2.03 bits per heavy atom. The molecule has 31 heavy (non-hydrogen) atoms. The zero-order valence-corrected chi connectivity index (χ0v) is 18.4. The molecule has 4 rings (SSSR count). The van der Waals surface area contributed by atoms with Crippen molar-refractivity contribution in [1.82, 2.24) is 24.7 Å². The summed E-state index contributed by atoms with van der Waals surface area (Å²) in [7, 11) is 0. The number of carbonyl (C=O) groups is 2. The second kappa shape index (κ2) is 8.67. The average Bonchev–Trinajstić information content (AvgIpc) is 3.33. The van der Waals surface area contributed by atoms with Crippen molar-refractivity contribution in [3.05, 3.63) is 60.7 Å². The quantitative estimate of drug-likeness (QED) is 0.550. The van der Waals surface area contributed by atoms with E-state index in [1.807, 2.05) is 26.1 Å². The highest BCUT2D eigenvalue weighted by molar-refractivity contribution is 6.07. The van der Waals surface area contributed by atoms with E-state index in [1.165, 1.54) is 10.6 Å². The number of hydrogen-bond donors (Lipinski definition) is 1. The summed E-state index contributed by atoms with van der Waals surface area (Å²) < 4.78 is 2.17. The van der Waals surface area contributed by atoms with Crippen molar-refractivity contribution in [3.8, 4) is 5.69 Å². The fourth-order valence-corrected chi connectivity index (χ4v) is 4.97. The maximum absolute atomic E-state index is 13.2. The molecule has 0 aromatic carbocycles. The molecule has 3 amide bonds. The second-order valence-corrected chi connectivity index (χ2v) is 8.73. The number of piperidine rings is 1. The molecule has 1 unspecified atom stereocenters. The van der Waals surface area contributed by atoms with E-state index in [0.717, 1.165) is 43.7 Å². The molecule has 0 bridgehead atoms. The highest BCUT2D eigenvalue weighted by Crippen LogP contribution is 2.36. The Morgan fingerprint density at radius 3 is 2.68 bits per heavy atom. The maximum atomic E-state index is 13.2. The number of carbonyl (C=O) groups excluding carboxylic acids is 2. The van der Waals surface area contributed by atoms with E-state index >= 15 is 0 Å². The van der Waals surface area contributed by atoms with E-state index in [9.17, 15) is 9.59 Å². The number of rotatable bonds is 7. The summed E-state index contributed by atoms with van der Waals surface area (Å²) in [5, 5.41) is 3.05. The molecule has 2 saturated heterocycles. The molecular weight excluding hydrogens is 390 g/mol. The molecule has 0 saturated carbocycles. The minimum Gasteiger partial charge on any atom is -0.323 e. The standard InChI is InChI=1S/C24H31N5O2/c1-4-24(22(30)29(16-18(2)3)23(31)26-24)19-9-13-27(14-10-19)17-21-8-6-12-28(21)20-7-5-11-25-15-20/h5-8,11-12,15,19H,2,4,9-10,13-14,16-17H2,1,3H3,(H,26,31). The van der Waals surface area contributed by atoms with Gasteiger partial charge in [0.25, 0.3) is 5.91 Å². The van der Waals surface area contributed by atoms with Crippen LogP contribution in [0.15, 0.2) is 55.0 Å². The summed E-state index contributed by atoms with van der Waals surface area (Å²) >= 11 is 0. The molecule has 2 fully saturated rings. The molecule has 164 valence electrons. The average molecular weight is 422 g/mol. The first-order valence-electron chi connectivity index (χ1n) is 11.0. The van der Waals surface area contributed by atoms with Crippen molar-refractivity contribution < 1.29 is 9.59 Å². The van der Waals surface area contributed by atoms with Gasteiger partial charge in [0, 0.05) is 24.6 Å². The topological polar surface area (TPSA) is 70.5 Å². The molecule has 2 aliphatic heterocycles. The van der Waals surface area contributed by atoms with Crippen LogP contribution in [0.2, 0.25) is 0 Å². The van der Waals surface area contributed by atoms with Gasteiger partial charge < -0.3 is 9.88 Å². The largest absolute Gasteiger partial charge is 0.325 e. The molecule has 0 radical (unpaired) electrons. The first-order chi connectivity index (χ1) is 14.9. The van der Waals surface area contributed by atoms with Crippen LogP contribution in [0.1, 0.15) is 38.8 Å². The third kappa shape index (κ3) is 4.02. The molecule has 2 aliphatic rings. The van der Waals surface area contributed by atoms with Crippen molar-refractivity contribution in [2.75, 3.05) is 19.6 Å². The van der Waals surface area contributed by atoms with E-state index in [4.69, 9.17) is 0 Å². The van der Waals surface area contributed by atoms with Gasteiger partial charge in [-0.05, 0) is 69.5 Å². The van der Waals surface area contributed by atoms with E-state index in [-0.39, 0.29) is 24.4 Å². The molecule has 7 heteroatoms. The predicted molar refractivity (Wildman–Crippen MR) is 120 cm³/mol. The molecular formula is C24H31N5O2. The van der Waals surface area contributed by atoms with Gasteiger partial charge in [0.1, 0.15) is 5.54 Å². The monoisotopic (exact) mass is 421 g/mol. The van der Waals surface area contributed by atoms with Crippen LogP contribution in [-0.4, -0.2) is 56.5 Å². The minimum absolute atomic E-state index is 0.0908. The third-order valence-corrected chi connectivity index (χ3v) is 6.62. The van der Waals surface area contributed by atoms with Crippen LogP contribution in [0, 0.1) is 5.92 Å². The molecule has 1 N–H and O–H groups in total. The van der Waals surface area contributed by atoms with Crippen molar-refractivity contribution in [2.24, 2.45) is 5.92 Å². The van der Waals surface area contributed by atoms with E-state index in [0.29, 0.717) is 6.42 Å². The minimum atomic E-state index is -0.783. The number of urea groups is 1. The van der Waals surface area contributed by atoms with Gasteiger partial charge in [0.15, 0.2) is 0 Å². The van der Waals surface area contributed by atoms with Crippen LogP contribution in [-0.2, 0) is 11.3 Å². The highest BCUT2D eigenvalue weighted by atomic mass is 16.2. The summed E-state index contributed by atoms with van der Waals surface area (Å²) in [6.07, 6.45) is 8.09. The van der Waals surface area contributed by atoms with Crippen LogP contribution < -0.4 is 5.32 Å². The Morgan fingerprint density at radius 1 is 1.26 bits per heavy atom. The number of amides is 3. The van der Waals surface area contributed by atoms with Crippen molar-refractivity contribution in [1.29, 1.82) is 0 Å². The summed E-state index contributed by atoms with van der Waals surface area (Å²) in [6.45, 7) is 10.6. The van der Waals surface area contributed by atoms with Crippen LogP contribution in [0.4, 0.5) is 4.79 Å². The molecule has 2 aromatic heterocycles. The Kier molecular flexibility index (Phi) is 5.96. The maximum Gasteiger partial charge on any atom is 0.325 e. The lowest BCUT2D eigenvalue weighted by molar-refractivity contribution is -0.134. The van der Waals surface area contributed by atoms with E-state index in [1.54, 1.807) is 6.20 Å². The lowest BCUT2D eigenvalue weighted by atomic mass is 9.75. The van der Waals surface area contributed by atoms with Crippen molar-refractivity contribution in [3.63, 3.8) is 0 Å². The first-order valence-corrected chi connectivity index (χ1v) is 11.0. The number of hydrogen-bond acceptors (Lipinski definition) is 4. The second-order valence-electron chi connectivity index (χ2n) is 8.73. The smallest absolute Gasteiger partial charge is 0.323 e. The molecule has 4 heterocycles. The fraction of sp³-hybridized carbons (Fsp3) is 0.458. The lowest BCUT2D eigenvalue weighted by Gasteiger charge is -2.40. The van der Waals surface area contributed by atoms with Crippen LogP contribution >= 0.6 is 0 Å². The molecule has 7 nitrogen and oxygen atoms in total. The third-order valence-electron chi connectivity index (χ3n) is 6.62. The van der Waals surface area contributed by atoms with Crippen molar-refractivity contribution in [2.45, 2.75) is 45.2 Å². The van der Waals surface area contributed by atoms with Gasteiger partial charge in [-0.2, -0.15) is 0 Å². The van der Waals surface area contributed by atoms with Gasteiger partial charge in [0.05, 0.1) is 18.4 Å². The van der Waals surface area contributed by atoms with Crippen LogP contribution in [0.3, 0.4) is 0 Å². The summed E-state index contributed by atoms with van der Waals surface area (Å²) in [4.78, 5) is 33.7. The first kappa shape index (κ1) is 21.3. The van der Waals surface area contributed by atoms with Gasteiger partial charge in [-0.1, -0.05) is 19.1 Å². The summed E-state index contributed by atoms with van der Waals surface area (Å²) in [5.74, 6) is 0.0531. The van der Waals surface area contributed by atoms with Gasteiger partial charge in [-0.3, -0.25) is 19.6 Å². The Bertz CT molecular complexity index is 961. The number of imide groups is 1. The van der Waals surface area contributed by atoms with Gasteiger partial charge in [-0.25, -0.2) is 4.79 Å². The number of aromatic nitrogens is 2. The number of likely N-dealkylation sites (tertiary alicyclic amines) is 1. The Balaban J connectivity index is 1.42. The van der Waals surface area contributed by atoms with Gasteiger partial charge >= 0.3 is 6.03 Å². The molecule has 1 atom stereocenters. The van der Waals surface area contributed by atoms with Crippen molar-refractivity contribution >= 4 is 11.9 Å². The molecule has 2 aromatic rings. The van der Waals surface area contributed by atoms with E-state index < -0.39 is 5.54 Å². The number of nitrogens with one attached hydrogen (secondary N) is 1. The summed E-state index contributed by atoms with van der Waals surface area (Å²) in [6, 6.07) is 7.91. The van der Waals surface area contributed by atoms with Crippen LogP contribution in [0.5, 0.6) is 0 Å². The molecule has 0 spiro atoms. The zero-order chi connectivity index (χ0) is 22.0. The molecule has 0 aliphatic carbocycles.